The van der Waals surface area contributed by atoms with Gasteiger partial charge in [-0.25, -0.2) is 0 Å². The van der Waals surface area contributed by atoms with E-state index in [1.165, 1.54) is 5.56 Å². The number of furan rings is 1. The van der Waals surface area contributed by atoms with Gasteiger partial charge in [-0.3, -0.25) is 4.79 Å². The smallest absolute Gasteiger partial charge is 0.290 e. The second-order valence-electron chi connectivity index (χ2n) is 4.19. The fraction of sp³-hybridized carbons (Fsp3) is 0.308. The molecule has 88 valence electrons. The third-order valence-corrected chi connectivity index (χ3v) is 3.88. The average molecular weight is 247 g/mol. The van der Waals surface area contributed by atoms with E-state index in [-0.39, 0.29) is 11.9 Å². The van der Waals surface area contributed by atoms with Crippen LogP contribution in [0.25, 0.3) is 0 Å². The lowest BCUT2D eigenvalue weighted by Gasteiger charge is -2.23. The van der Waals surface area contributed by atoms with Crippen LogP contribution in [0.4, 0.5) is 0 Å². The fourth-order valence-electron chi connectivity index (χ4n) is 2.36. The lowest BCUT2D eigenvalue weighted by molar-refractivity contribution is 0.0703. The molecule has 2 aromatic heterocycles. The first-order valence-corrected chi connectivity index (χ1v) is 6.67. The largest absolute Gasteiger partial charge is 0.459 e. The number of hydrogen-bond acceptors (Lipinski definition) is 3. The van der Waals surface area contributed by atoms with Crippen molar-refractivity contribution in [3.05, 3.63) is 46.5 Å². The van der Waals surface area contributed by atoms with Crippen LogP contribution < -0.4 is 0 Å². The van der Waals surface area contributed by atoms with Crippen LogP contribution in [0.15, 0.2) is 39.6 Å². The molecule has 0 N–H and O–H groups in total. The zero-order valence-electron chi connectivity index (χ0n) is 9.33. The molecule has 1 fully saturated rings. The van der Waals surface area contributed by atoms with Crippen molar-refractivity contribution < 1.29 is 9.21 Å². The number of hydrogen-bond donors (Lipinski definition) is 0. The second-order valence-corrected chi connectivity index (χ2v) is 4.97. The highest BCUT2D eigenvalue weighted by atomic mass is 32.1. The molecule has 1 aliphatic heterocycles. The number of nitrogens with zero attached hydrogens (tertiary/aromatic N) is 1. The molecule has 2 aromatic rings. The molecule has 0 aliphatic carbocycles. The van der Waals surface area contributed by atoms with E-state index >= 15 is 0 Å². The summed E-state index contributed by atoms with van der Waals surface area (Å²) in [4.78, 5) is 14.2. The van der Waals surface area contributed by atoms with Gasteiger partial charge in [0.2, 0.25) is 0 Å². The first kappa shape index (κ1) is 10.6. The Bertz CT molecular complexity index is 489. The van der Waals surface area contributed by atoms with Crippen molar-refractivity contribution in [3.63, 3.8) is 0 Å². The van der Waals surface area contributed by atoms with E-state index in [1.54, 1.807) is 29.7 Å². The van der Waals surface area contributed by atoms with E-state index in [0.29, 0.717) is 5.76 Å². The van der Waals surface area contributed by atoms with Gasteiger partial charge in [-0.15, -0.1) is 0 Å². The summed E-state index contributed by atoms with van der Waals surface area (Å²) in [5.74, 6) is 0.441. The topological polar surface area (TPSA) is 33.5 Å². The molecule has 0 unspecified atom stereocenters. The van der Waals surface area contributed by atoms with E-state index in [1.807, 2.05) is 4.90 Å². The zero-order valence-corrected chi connectivity index (χ0v) is 10.2. The van der Waals surface area contributed by atoms with Crippen molar-refractivity contribution in [2.45, 2.75) is 18.9 Å². The predicted molar refractivity (Wildman–Crippen MR) is 66.0 cm³/mol. The first-order chi connectivity index (χ1) is 8.36. The molecule has 0 radical (unpaired) electrons. The van der Waals surface area contributed by atoms with Gasteiger partial charge in [-0.2, -0.15) is 11.3 Å². The molecule has 3 heterocycles. The highest BCUT2D eigenvalue weighted by molar-refractivity contribution is 7.07. The predicted octanol–water partition coefficient (Wildman–Crippen LogP) is 3.32. The Morgan fingerprint density at radius 1 is 1.47 bits per heavy atom. The molecule has 0 bridgehead atoms. The van der Waals surface area contributed by atoms with Crippen LogP contribution in [0.5, 0.6) is 0 Å². The Labute approximate surface area is 104 Å². The summed E-state index contributed by atoms with van der Waals surface area (Å²) in [6, 6.07) is 5.80. The Kier molecular flexibility index (Phi) is 2.73. The molecule has 1 atom stereocenters. The van der Waals surface area contributed by atoms with Crippen molar-refractivity contribution in [1.82, 2.24) is 4.90 Å². The van der Waals surface area contributed by atoms with E-state index in [4.69, 9.17) is 4.42 Å². The van der Waals surface area contributed by atoms with Crippen LogP contribution >= 0.6 is 11.3 Å². The molecule has 1 amide bonds. The van der Waals surface area contributed by atoms with Gasteiger partial charge in [-0.1, -0.05) is 0 Å². The van der Waals surface area contributed by atoms with Crippen molar-refractivity contribution >= 4 is 17.2 Å². The van der Waals surface area contributed by atoms with Crippen LogP contribution in [0.3, 0.4) is 0 Å². The van der Waals surface area contributed by atoms with E-state index < -0.39 is 0 Å². The average Bonchev–Trinajstić information content (AvgIpc) is 3.09. The van der Waals surface area contributed by atoms with Gasteiger partial charge in [0.1, 0.15) is 0 Å². The molecule has 3 nitrogen and oxygen atoms in total. The van der Waals surface area contributed by atoms with Crippen LogP contribution in [-0.2, 0) is 0 Å². The van der Waals surface area contributed by atoms with E-state index in [2.05, 4.69) is 16.8 Å². The van der Waals surface area contributed by atoms with Gasteiger partial charge < -0.3 is 9.32 Å². The minimum absolute atomic E-state index is 0.00343. The fourth-order valence-corrected chi connectivity index (χ4v) is 3.07. The molecule has 4 heteroatoms. The SMILES string of the molecule is O=C(c1ccco1)N1CCC[C@H]1c1ccsc1. The third-order valence-electron chi connectivity index (χ3n) is 3.17. The number of likely N-dealkylation sites (tertiary alicyclic amines) is 1. The molecule has 3 rings (SSSR count). The molecule has 17 heavy (non-hydrogen) atoms. The van der Waals surface area contributed by atoms with E-state index in [9.17, 15) is 4.79 Å². The van der Waals surface area contributed by atoms with E-state index in [0.717, 1.165) is 19.4 Å². The monoisotopic (exact) mass is 247 g/mol. The van der Waals surface area contributed by atoms with Gasteiger partial charge in [0.25, 0.3) is 5.91 Å². The van der Waals surface area contributed by atoms with Gasteiger partial charge in [0.15, 0.2) is 5.76 Å². The maximum atomic E-state index is 12.2. The summed E-state index contributed by atoms with van der Waals surface area (Å²) in [7, 11) is 0. The highest BCUT2D eigenvalue weighted by Crippen LogP contribution is 2.34. The van der Waals surface area contributed by atoms with Gasteiger partial charge >= 0.3 is 0 Å². The molecule has 0 aromatic carbocycles. The Morgan fingerprint density at radius 3 is 3.12 bits per heavy atom. The standard InChI is InChI=1S/C13H13NO2S/c15-13(12-4-2-7-16-12)14-6-1-3-11(14)10-5-8-17-9-10/h2,4-5,7-9,11H,1,3,6H2/t11-/m0/s1. The number of carbonyl (C=O) groups is 1. The van der Waals surface area contributed by atoms with Crippen LogP contribution in [0.1, 0.15) is 35.0 Å². The Hall–Kier alpha value is -1.55. The highest BCUT2D eigenvalue weighted by Gasteiger charge is 2.31. The quantitative estimate of drug-likeness (QED) is 0.815. The minimum atomic E-state index is 0.00343. The van der Waals surface area contributed by atoms with Crippen LogP contribution in [-0.4, -0.2) is 17.4 Å². The normalized spacial score (nSPS) is 19.8. The summed E-state index contributed by atoms with van der Waals surface area (Å²) in [5.41, 5.74) is 1.24. The summed E-state index contributed by atoms with van der Waals surface area (Å²) in [6.45, 7) is 0.819. The Balaban J connectivity index is 1.85. The van der Waals surface area contributed by atoms with Crippen LogP contribution in [0.2, 0.25) is 0 Å². The summed E-state index contributed by atoms with van der Waals surface area (Å²) in [5, 5.41) is 4.18. The van der Waals surface area contributed by atoms with Gasteiger partial charge in [-0.05, 0) is 47.4 Å². The molecule has 1 aliphatic rings. The molecule has 1 saturated heterocycles. The van der Waals surface area contributed by atoms with Crippen LogP contribution in [0, 0.1) is 0 Å². The number of carbonyl (C=O) groups excluding carboxylic acids is 1. The second kappa shape index (κ2) is 4.37. The Morgan fingerprint density at radius 2 is 2.41 bits per heavy atom. The number of amides is 1. The maximum Gasteiger partial charge on any atom is 0.290 e. The summed E-state index contributed by atoms with van der Waals surface area (Å²) >= 11 is 1.68. The lowest BCUT2D eigenvalue weighted by atomic mass is 10.1. The van der Waals surface area contributed by atoms with Crippen molar-refractivity contribution in [1.29, 1.82) is 0 Å². The summed E-state index contributed by atoms with van der Waals surface area (Å²) < 4.78 is 5.18. The number of thiophene rings is 1. The molecule has 0 spiro atoms. The molecular weight excluding hydrogens is 234 g/mol. The van der Waals surface area contributed by atoms with Crippen molar-refractivity contribution in [3.8, 4) is 0 Å². The number of rotatable bonds is 2. The summed E-state index contributed by atoms with van der Waals surface area (Å²) in [6.07, 6.45) is 3.65. The third kappa shape index (κ3) is 1.89. The van der Waals surface area contributed by atoms with Crippen molar-refractivity contribution in [2.24, 2.45) is 0 Å². The minimum Gasteiger partial charge on any atom is -0.459 e. The molecule has 0 saturated carbocycles. The first-order valence-electron chi connectivity index (χ1n) is 5.73. The molecular formula is C13H13NO2S. The lowest BCUT2D eigenvalue weighted by Crippen LogP contribution is -2.30. The van der Waals surface area contributed by atoms with Gasteiger partial charge in [0, 0.05) is 6.54 Å². The van der Waals surface area contributed by atoms with Crippen molar-refractivity contribution in [2.75, 3.05) is 6.54 Å². The maximum absolute atomic E-state index is 12.2. The zero-order chi connectivity index (χ0) is 11.7. The van der Waals surface area contributed by atoms with Gasteiger partial charge in [0.05, 0.1) is 12.3 Å².